The highest BCUT2D eigenvalue weighted by molar-refractivity contribution is 5.89. The molecule has 0 radical (unpaired) electrons. The number of aromatic nitrogens is 2. The number of rotatable bonds is 2. The zero-order chi connectivity index (χ0) is 17.5. The van der Waals surface area contributed by atoms with E-state index in [9.17, 15) is 15.0 Å². The number of aliphatic hydroxyl groups is 2. The maximum absolute atomic E-state index is 12.3. The van der Waals surface area contributed by atoms with Gasteiger partial charge in [0.05, 0.1) is 24.4 Å². The molecule has 3 N–H and O–H groups in total. The molecule has 8 nitrogen and oxygen atoms in total. The fourth-order valence-electron chi connectivity index (χ4n) is 2.96. The van der Waals surface area contributed by atoms with Crippen molar-refractivity contribution in [1.29, 1.82) is 5.26 Å². The van der Waals surface area contributed by atoms with Gasteiger partial charge in [0.25, 0.3) is 5.56 Å². The fraction of sp³-hybridized carbons (Fsp3) is 0.438. The number of hydrogen-bond donors (Lipinski definition) is 3. The van der Waals surface area contributed by atoms with Crippen LogP contribution in [0.5, 0.6) is 0 Å². The molecule has 0 aromatic carbocycles. The summed E-state index contributed by atoms with van der Waals surface area (Å²) in [7, 11) is 1.65. The molecule has 0 spiro atoms. The molecule has 1 saturated heterocycles. The zero-order valence-corrected chi connectivity index (χ0v) is 13.5. The number of piperazine rings is 1. The van der Waals surface area contributed by atoms with Crippen molar-refractivity contribution in [1.82, 2.24) is 14.9 Å². The third kappa shape index (κ3) is 2.63. The molecule has 0 amide bonds. The van der Waals surface area contributed by atoms with Gasteiger partial charge in [0.1, 0.15) is 17.3 Å². The van der Waals surface area contributed by atoms with Crippen molar-refractivity contribution in [2.24, 2.45) is 7.05 Å². The Bertz CT molecular complexity index is 888. The van der Waals surface area contributed by atoms with Crippen LogP contribution in [0.2, 0.25) is 0 Å². The lowest BCUT2D eigenvalue weighted by molar-refractivity contribution is -0.0481. The molecule has 2 atom stereocenters. The van der Waals surface area contributed by atoms with Crippen molar-refractivity contribution in [2.75, 3.05) is 24.6 Å². The first-order chi connectivity index (χ1) is 11.4. The minimum absolute atomic E-state index is 0.0281. The summed E-state index contributed by atoms with van der Waals surface area (Å²) >= 11 is 0. The van der Waals surface area contributed by atoms with Crippen LogP contribution < -0.4 is 15.8 Å². The molecule has 24 heavy (non-hydrogen) atoms. The van der Waals surface area contributed by atoms with Gasteiger partial charge in [-0.3, -0.25) is 10.1 Å². The number of nitrogens with one attached hydrogen (secondary N) is 1. The van der Waals surface area contributed by atoms with Crippen molar-refractivity contribution < 1.29 is 10.2 Å². The number of nitrogens with zero attached hydrogens (tertiary/aromatic N) is 4. The van der Waals surface area contributed by atoms with Crippen molar-refractivity contribution in [3.63, 3.8) is 0 Å². The minimum Gasteiger partial charge on any atom is -0.392 e. The predicted molar refractivity (Wildman–Crippen MR) is 88.5 cm³/mol. The Balaban J connectivity index is 2.23. The molecule has 2 aromatic heterocycles. The second-order valence-corrected chi connectivity index (χ2v) is 6.15. The Morgan fingerprint density at radius 1 is 1.54 bits per heavy atom. The van der Waals surface area contributed by atoms with Crippen LogP contribution in [0.3, 0.4) is 0 Å². The van der Waals surface area contributed by atoms with Gasteiger partial charge in [-0.05, 0) is 19.1 Å². The summed E-state index contributed by atoms with van der Waals surface area (Å²) in [6.45, 7) is 2.04. The Morgan fingerprint density at radius 3 is 2.96 bits per heavy atom. The first-order valence-electron chi connectivity index (χ1n) is 7.64. The summed E-state index contributed by atoms with van der Waals surface area (Å²) in [5, 5.41) is 31.8. The van der Waals surface area contributed by atoms with Crippen molar-refractivity contribution >= 4 is 16.7 Å². The third-order valence-electron chi connectivity index (χ3n) is 4.44. The minimum atomic E-state index is -1.45. The van der Waals surface area contributed by atoms with Crippen molar-refractivity contribution in [3.05, 3.63) is 34.2 Å². The fourth-order valence-corrected chi connectivity index (χ4v) is 2.96. The molecule has 3 heterocycles. The maximum Gasteiger partial charge on any atom is 0.252 e. The quantitative estimate of drug-likeness (QED) is 0.666. The van der Waals surface area contributed by atoms with Gasteiger partial charge in [-0.1, -0.05) is 0 Å². The molecule has 1 aliphatic rings. The number of aryl methyl sites for hydroxylation is 1. The van der Waals surface area contributed by atoms with E-state index in [0.29, 0.717) is 23.3 Å². The molecule has 1 aliphatic heterocycles. The molecular weight excluding hydrogens is 310 g/mol. The van der Waals surface area contributed by atoms with Crippen molar-refractivity contribution in [3.8, 4) is 6.07 Å². The van der Waals surface area contributed by atoms with Gasteiger partial charge < -0.3 is 19.7 Å². The maximum atomic E-state index is 12.3. The molecule has 126 valence electrons. The zero-order valence-electron chi connectivity index (χ0n) is 13.5. The average molecular weight is 329 g/mol. The van der Waals surface area contributed by atoms with Crippen LogP contribution in [0.15, 0.2) is 23.0 Å². The molecule has 3 rings (SSSR count). The summed E-state index contributed by atoms with van der Waals surface area (Å²) in [5.74, 6) is 0. The highest BCUT2D eigenvalue weighted by Gasteiger charge is 2.36. The summed E-state index contributed by atoms with van der Waals surface area (Å²) in [4.78, 5) is 18.5. The highest BCUT2D eigenvalue weighted by Crippen LogP contribution is 2.28. The Hall–Kier alpha value is -2.47. The number of hydrogen-bond acceptors (Lipinski definition) is 7. The van der Waals surface area contributed by atoms with Gasteiger partial charge in [-0.2, -0.15) is 5.26 Å². The Morgan fingerprint density at radius 2 is 2.29 bits per heavy atom. The molecular formula is C16H19N5O3. The van der Waals surface area contributed by atoms with E-state index in [0.717, 1.165) is 0 Å². The standard InChI is InChI=1S/C16H19N5O3/c1-10-7-18-16(24,9-22)8-21(10)13-5-14(23)20(2)12-4-3-11(6-17)19-15(12)13/h3-5,10,18,22,24H,7-9H2,1-2H3/t10-,16+/m0/s1. The van der Waals surface area contributed by atoms with Gasteiger partial charge in [0.2, 0.25) is 0 Å². The van der Waals surface area contributed by atoms with E-state index in [2.05, 4.69) is 10.3 Å². The number of β-amino-alcohol motifs (C(OH)–C–C–N with tert-alkyl or cyclic N) is 1. The number of fused-ring (bicyclic) bond motifs is 1. The van der Waals surface area contributed by atoms with Gasteiger partial charge in [-0.25, -0.2) is 4.98 Å². The first-order valence-corrected chi connectivity index (χ1v) is 7.64. The van der Waals surface area contributed by atoms with E-state index in [1.807, 2.05) is 17.9 Å². The SMILES string of the molecule is C[C@H]1CN[C@](O)(CO)CN1c1cc(=O)n(C)c2ccc(C#N)nc12. The van der Waals surface area contributed by atoms with Gasteiger partial charge in [0.15, 0.2) is 5.72 Å². The van der Waals surface area contributed by atoms with Gasteiger partial charge in [-0.15, -0.1) is 0 Å². The summed E-state index contributed by atoms with van der Waals surface area (Å²) in [6, 6.07) is 6.69. The van der Waals surface area contributed by atoms with Crippen LogP contribution in [0.4, 0.5) is 5.69 Å². The Kier molecular flexibility index (Phi) is 4.01. The summed E-state index contributed by atoms with van der Waals surface area (Å²) in [5.41, 5.74) is 0.267. The molecule has 1 fully saturated rings. The van der Waals surface area contributed by atoms with Gasteiger partial charge >= 0.3 is 0 Å². The second-order valence-electron chi connectivity index (χ2n) is 6.15. The van der Waals surface area contributed by atoms with Gasteiger partial charge in [0, 0.05) is 25.7 Å². The second kappa shape index (κ2) is 5.87. The number of anilines is 1. The molecule has 0 unspecified atom stereocenters. The first kappa shape index (κ1) is 16.4. The molecule has 0 saturated carbocycles. The van der Waals surface area contributed by atoms with E-state index >= 15 is 0 Å². The largest absolute Gasteiger partial charge is 0.392 e. The highest BCUT2D eigenvalue weighted by atomic mass is 16.3. The Labute approximate surface area is 138 Å². The monoisotopic (exact) mass is 329 g/mol. The van der Waals surface area contributed by atoms with E-state index < -0.39 is 12.3 Å². The summed E-state index contributed by atoms with van der Waals surface area (Å²) in [6.07, 6.45) is 0. The molecule has 2 aromatic rings. The van der Waals surface area contributed by atoms with E-state index in [1.54, 1.807) is 19.2 Å². The lowest BCUT2D eigenvalue weighted by Gasteiger charge is -2.44. The number of aliphatic hydroxyl groups excluding tert-OH is 1. The number of nitriles is 1. The van der Waals surface area contributed by atoms with Crippen LogP contribution in [-0.2, 0) is 7.05 Å². The van der Waals surface area contributed by atoms with E-state index in [1.165, 1.54) is 10.6 Å². The van der Waals surface area contributed by atoms with E-state index in [-0.39, 0.29) is 23.8 Å². The van der Waals surface area contributed by atoms with Crippen LogP contribution in [0.1, 0.15) is 12.6 Å². The van der Waals surface area contributed by atoms with Crippen molar-refractivity contribution in [2.45, 2.75) is 18.7 Å². The average Bonchev–Trinajstić information content (AvgIpc) is 2.60. The van der Waals surface area contributed by atoms with Crippen LogP contribution in [-0.4, -0.2) is 51.2 Å². The lowest BCUT2D eigenvalue weighted by atomic mass is 10.1. The normalized spacial score (nSPS) is 24.1. The van der Waals surface area contributed by atoms with Crippen LogP contribution in [0.25, 0.3) is 11.0 Å². The topological polar surface area (TPSA) is 114 Å². The molecule has 0 aliphatic carbocycles. The van der Waals surface area contributed by atoms with E-state index in [4.69, 9.17) is 5.26 Å². The molecule has 0 bridgehead atoms. The smallest absolute Gasteiger partial charge is 0.252 e. The van der Waals surface area contributed by atoms with Crippen LogP contribution in [0, 0.1) is 11.3 Å². The summed E-state index contributed by atoms with van der Waals surface area (Å²) < 4.78 is 1.47. The van der Waals surface area contributed by atoms with Crippen LogP contribution >= 0.6 is 0 Å². The lowest BCUT2D eigenvalue weighted by Crippen LogP contribution is -2.65. The number of pyridine rings is 2. The molecule has 8 heteroatoms. The predicted octanol–water partition coefficient (Wildman–Crippen LogP) is -0.716. The third-order valence-corrected chi connectivity index (χ3v) is 4.44.